The summed E-state index contributed by atoms with van der Waals surface area (Å²) in [7, 11) is 1.49. The number of methoxy groups -OCH3 is 1. The van der Waals surface area contributed by atoms with Crippen molar-refractivity contribution in [3.05, 3.63) is 54.1 Å². The van der Waals surface area contributed by atoms with Gasteiger partial charge in [-0.1, -0.05) is 48.9 Å². The molecule has 0 bridgehead atoms. The Hall–Kier alpha value is -0.910. The first-order valence-electron chi connectivity index (χ1n) is 5.57. The molecule has 0 atom stereocenters. The molecule has 0 amide bonds. The van der Waals surface area contributed by atoms with Crippen LogP contribution in [0.25, 0.3) is 0 Å². The van der Waals surface area contributed by atoms with Crippen LogP contribution in [0.1, 0.15) is 13.3 Å². The number of rotatable bonds is 3. The Kier molecular flexibility index (Phi) is 3.58. The van der Waals surface area contributed by atoms with Crippen molar-refractivity contribution < 1.29 is 4.74 Å². The molecule has 1 aromatic carbocycles. The van der Waals surface area contributed by atoms with Gasteiger partial charge >= 0.3 is 0 Å². The lowest BCUT2D eigenvalue weighted by Crippen LogP contribution is -2.26. The molecule has 0 N–H and O–H groups in total. The van der Waals surface area contributed by atoms with E-state index in [0.29, 0.717) is 0 Å². The number of benzene rings is 1. The van der Waals surface area contributed by atoms with Crippen LogP contribution in [0, 0.1) is 0 Å². The molecule has 2 rings (SSSR count). The fourth-order valence-corrected chi connectivity index (χ4v) is 3.59. The minimum Gasteiger partial charge on any atom is -0.370 e. The van der Waals surface area contributed by atoms with Crippen LogP contribution in [0.4, 0.5) is 0 Å². The summed E-state index contributed by atoms with van der Waals surface area (Å²) in [6, 6.07) is 10.6. The molecule has 1 nitrogen and oxygen atoms in total. The molecule has 1 heterocycles. The van der Waals surface area contributed by atoms with E-state index in [9.17, 15) is 0 Å². The van der Waals surface area contributed by atoms with Crippen molar-refractivity contribution in [2.75, 3.05) is 7.11 Å². The first kappa shape index (κ1) is 11.6. The van der Waals surface area contributed by atoms with Gasteiger partial charge < -0.3 is 4.74 Å². The van der Waals surface area contributed by atoms with Gasteiger partial charge in [0.05, 0.1) is 0 Å². The quantitative estimate of drug-likeness (QED) is 0.723. The molecule has 0 aromatic heterocycles. The number of ether oxygens (including phenoxy) is 1. The molecule has 0 saturated carbocycles. The fraction of sp³-hybridized carbons (Fsp3) is 0.286. The molecule has 1 aliphatic heterocycles. The smallest absolute Gasteiger partial charge is 0.104 e. The first-order chi connectivity index (χ1) is 7.79. The summed E-state index contributed by atoms with van der Waals surface area (Å²) >= 11 is 0. The van der Waals surface area contributed by atoms with E-state index in [-0.39, 0.29) is 13.5 Å². The monoisotopic (exact) mass is 232 g/mol. The average Bonchev–Trinajstić information content (AvgIpc) is 2.40. The van der Waals surface area contributed by atoms with Gasteiger partial charge in [-0.3, -0.25) is 0 Å². The summed E-state index contributed by atoms with van der Waals surface area (Å²) in [5.74, 6) is 4.58. The van der Waals surface area contributed by atoms with Gasteiger partial charge in [0.1, 0.15) is 5.60 Å². The summed E-state index contributed by atoms with van der Waals surface area (Å²) < 4.78 is 5.55. The summed E-state index contributed by atoms with van der Waals surface area (Å²) in [4.78, 5) is 0. The second-order valence-corrected chi connectivity index (χ2v) is 5.81. The van der Waals surface area contributed by atoms with Crippen molar-refractivity contribution in [3.8, 4) is 0 Å². The fourth-order valence-electron chi connectivity index (χ4n) is 1.81. The Bertz CT molecular complexity index is 374. The Labute approximate surface area is 98.6 Å². The molecule has 0 spiro atoms. The van der Waals surface area contributed by atoms with Gasteiger partial charge in [-0.25, -0.2) is 0 Å². The van der Waals surface area contributed by atoms with Crippen LogP contribution < -0.4 is 5.30 Å². The van der Waals surface area contributed by atoms with Crippen molar-refractivity contribution in [1.29, 1.82) is 0 Å². The van der Waals surface area contributed by atoms with E-state index in [2.05, 4.69) is 61.0 Å². The van der Waals surface area contributed by atoms with Crippen LogP contribution in [-0.4, -0.2) is 12.7 Å². The Balaban J connectivity index is 2.18. The molecule has 0 unspecified atom stereocenters. The van der Waals surface area contributed by atoms with E-state index in [1.54, 1.807) is 7.11 Å². The van der Waals surface area contributed by atoms with Crippen molar-refractivity contribution in [1.82, 2.24) is 0 Å². The molecule has 0 radical (unpaired) electrons. The highest BCUT2D eigenvalue weighted by molar-refractivity contribution is 7.71. The average molecular weight is 232 g/mol. The third-order valence-corrected chi connectivity index (χ3v) is 4.86. The lowest BCUT2D eigenvalue weighted by molar-refractivity contribution is 0.0710. The highest BCUT2D eigenvalue weighted by Gasteiger charge is 2.24. The third-order valence-electron chi connectivity index (χ3n) is 3.02. The van der Waals surface area contributed by atoms with Gasteiger partial charge in [0.25, 0.3) is 0 Å². The zero-order valence-electron chi connectivity index (χ0n) is 9.76. The maximum atomic E-state index is 5.55. The van der Waals surface area contributed by atoms with E-state index in [1.165, 1.54) is 5.30 Å². The largest absolute Gasteiger partial charge is 0.370 e. The maximum absolute atomic E-state index is 5.55. The minimum atomic E-state index is -0.278. The Morgan fingerprint density at radius 3 is 2.25 bits per heavy atom. The minimum absolute atomic E-state index is 0.173. The molecule has 0 aliphatic carbocycles. The lowest BCUT2D eigenvalue weighted by atomic mass is 10.0. The molecule has 84 valence electrons. The lowest BCUT2D eigenvalue weighted by Gasteiger charge is -2.28. The van der Waals surface area contributed by atoms with E-state index < -0.39 is 0 Å². The van der Waals surface area contributed by atoms with Crippen molar-refractivity contribution in [2.24, 2.45) is 0 Å². The zero-order valence-corrected chi connectivity index (χ0v) is 10.7. The highest BCUT2D eigenvalue weighted by Crippen LogP contribution is 2.43. The van der Waals surface area contributed by atoms with E-state index in [0.717, 1.165) is 6.42 Å². The number of hydrogen-bond acceptors (Lipinski definition) is 1. The molecular formula is C14H17OP. The molecule has 1 aliphatic rings. The molecule has 16 heavy (non-hydrogen) atoms. The summed E-state index contributed by atoms with van der Waals surface area (Å²) in [6.07, 6.45) is 5.38. The summed E-state index contributed by atoms with van der Waals surface area (Å²) in [6.45, 7) is 2.15. The highest BCUT2D eigenvalue weighted by atomic mass is 31.1. The van der Waals surface area contributed by atoms with Gasteiger partial charge in [-0.05, 0) is 31.8 Å². The SMILES string of the molecule is CCC1(OC)C=CP(c2ccccc2)C=C1. The Morgan fingerprint density at radius 2 is 1.75 bits per heavy atom. The van der Waals surface area contributed by atoms with Crippen LogP contribution in [0.5, 0.6) is 0 Å². The standard InChI is InChI=1S/C14H17OP/c1-3-14(15-2)9-11-16(12-10-14)13-7-5-4-6-8-13/h4-12H,3H2,1-2H3. The van der Waals surface area contributed by atoms with Crippen molar-refractivity contribution in [2.45, 2.75) is 18.9 Å². The molecule has 1 aromatic rings. The molecule has 0 saturated heterocycles. The summed E-state index contributed by atoms with van der Waals surface area (Å²) in [5.41, 5.74) is -0.173. The second-order valence-electron chi connectivity index (χ2n) is 3.89. The second kappa shape index (κ2) is 4.95. The zero-order chi connectivity index (χ0) is 11.4. The van der Waals surface area contributed by atoms with Crippen LogP contribution >= 0.6 is 7.92 Å². The Morgan fingerprint density at radius 1 is 1.12 bits per heavy atom. The van der Waals surface area contributed by atoms with Crippen LogP contribution in [0.15, 0.2) is 54.1 Å². The third kappa shape index (κ3) is 2.26. The molecule has 2 heteroatoms. The summed E-state index contributed by atoms with van der Waals surface area (Å²) in [5, 5.41) is 1.39. The normalized spacial score (nSPS) is 28.2. The van der Waals surface area contributed by atoms with Crippen LogP contribution in [0.3, 0.4) is 0 Å². The number of hydrogen-bond donors (Lipinski definition) is 0. The van der Waals surface area contributed by atoms with Crippen molar-refractivity contribution in [3.63, 3.8) is 0 Å². The molecular weight excluding hydrogens is 215 g/mol. The van der Waals surface area contributed by atoms with E-state index in [1.807, 2.05) is 0 Å². The molecule has 0 fully saturated rings. The van der Waals surface area contributed by atoms with Crippen LogP contribution in [-0.2, 0) is 4.74 Å². The van der Waals surface area contributed by atoms with Gasteiger partial charge in [-0.2, -0.15) is 0 Å². The topological polar surface area (TPSA) is 9.23 Å². The first-order valence-corrected chi connectivity index (χ1v) is 7.05. The van der Waals surface area contributed by atoms with Crippen LogP contribution in [0.2, 0.25) is 0 Å². The predicted molar refractivity (Wildman–Crippen MR) is 71.3 cm³/mol. The predicted octanol–water partition coefficient (Wildman–Crippen LogP) is 3.63. The van der Waals surface area contributed by atoms with E-state index in [4.69, 9.17) is 4.74 Å². The van der Waals surface area contributed by atoms with E-state index >= 15 is 0 Å². The van der Waals surface area contributed by atoms with Gasteiger partial charge in [-0.15, -0.1) is 0 Å². The van der Waals surface area contributed by atoms with Crippen molar-refractivity contribution >= 4 is 13.2 Å². The van der Waals surface area contributed by atoms with Gasteiger partial charge in [0.2, 0.25) is 0 Å². The van der Waals surface area contributed by atoms with Gasteiger partial charge in [0.15, 0.2) is 0 Å². The maximum Gasteiger partial charge on any atom is 0.104 e. The van der Waals surface area contributed by atoms with Gasteiger partial charge in [0, 0.05) is 7.11 Å².